The third-order valence-corrected chi connectivity index (χ3v) is 4.05. The molecule has 20 heavy (non-hydrogen) atoms. The van der Waals surface area contributed by atoms with Crippen molar-refractivity contribution in [2.24, 2.45) is 17.6 Å². The molecule has 3 nitrogen and oxygen atoms in total. The summed E-state index contributed by atoms with van der Waals surface area (Å²) in [6.07, 6.45) is 9.53. The highest BCUT2D eigenvalue weighted by Gasteiger charge is 2.13. The summed E-state index contributed by atoms with van der Waals surface area (Å²) in [6, 6.07) is 0. The highest BCUT2D eigenvalue weighted by molar-refractivity contribution is 5.69. The third-order valence-electron chi connectivity index (χ3n) is 4.05. The van der Waals surface area contributed by atoms with Crippen LogP contribution in [0.15, 0.2) is 0 Å². The Bertz CT molecular complexity index is 225. The zero-order valence-corrected chi connectivity index (χ0v) is 13.8. The summed E-state index contributed by atoms with van der Waals surface area (Å²) in [5, 5.41) is 0. The van der Waals surface area contributed by atoms with E-state index in [0.29, 0.717) is 31.4 Å². The van der Waals surface area contributed by atoms with Gasteiger partial charge in [0.25, 0.3) is 0 Å². The molecule has 0 heterocycles. The number of carbonyl (C=O) groups is 1. The van der Waals surface area contributed by atoms with Gasteiger partial charge in [-0.05, 0) is 37.6 Å². The summed E-state index contributed by atoms with van der Waals surface area (Å²) < 4.78 is 5.43. The van der Waals surface area contributed by atoms with Crippen molar-refractivity contribution in [1.29, 1.82) is 0 Å². The molecule has 2 N–H and O–H groups in total. The van der Waals surface area contributed by atoms with Gasteiger partial charge in [0, 0.05) is 6.42 Å². The van der Waals surface area contributed by atoms with Crippen LogP contribution in [0.1, 0.15) is 78.6 Å². The molecular weight excluding hydrogens is 250 g/mol. The fourth-order valence-corrected chi connectivity index (χ4v) is 2.58. The van der Waals surface area contributed by atoms with Gasteiger partial charge >= 0.3 is 5.97 Å². The van der Waals surface area contributed by atoms with Crippen molar-refractivity contribution in [2.45, 2.75) is 78.6 Å². The van der Waals surface area contributed by atoms with Crippen LogP contribution < -0.4 is 5.73 Å². The average Bonchev–Trinajstić information content (AvgIpc) is 2.45. The molecule has 0 aromatic carbocycles. The molecule has 0 saturated carbocycles. The summed E-state index contributed by atoms with van der Waals surface area (Å²) >= 11 is 0. The molecule has 0 saturated heterocycles. The molecule has 120 valence electrons. The van der Waals surface area contributed by atoms with E-state index in [2.05, 4.69) is 20.8 Å². The third kappa shape index (κ3) is 10.2. The maximum atomic E-state index is 11.8. The van der Waals surface area contributed by atoms with Gasteiger partial charge in [-0.15, -0.1) is 0 Å². The van der Waals surface area contributed by atoms with E-state index >= 15 is 0 Å². The number of esters is 1. The Kier molecular flexibility index (Phi) is 13.0. The fraction of sp³-hybridized carbons (Fsp3) is 0.941. The van der Waals surface area contributed by atoms with Crippen LogP contribution in [0.5, 0.6) is 0 Å². The molecule has 0 bridgehead atoms. The molecule has 0 spiro atoms. The number of rotatable bonds is 13. The van der Waals surface area contributed by atoms with Gasteiger partial charge in [0.1, 0.15) is 0 Å². The lowest BCUT2D eigenvalue weighted by molar-refractivity contribution is -0.145. The second kappa shape index (κ2) is 13.4. The van der Waals surface area contributed by atoms with E-state index in [1.807, 2.05) is 0 Å². The van der Waals surface area contributed by atoms with E-state index in [0.717, 1.165) is 25.7 Å². The maximum absolute atomic E-state index is 11.8. The van der Waals surface area contributed by atoms with Gasteiger partial charge in [-0.2, -0.15) is 0 Å². The molecule has 0 rings (SSSR count). The van der Waals surface area contributed by atoms with E-state index < -0.39 is 0 Å². The van der Waals surface area contributed by atoms with E-state index in [-0.39, 0.29) is 5.97 Å². The lowest BCUT2D eigenvalue weighted by Gasteiger charge is -2.16. The molecule has 0 aliphatic rings. The molecule has 0 aromatic heterocycles. The molecule has 0 fully saturated rings. The summed E-state index contributed by atoms with van der Waals surface area (Å²) in [5.41, 5.74) is 5.61. The van der Waals surface area contributed by atoms with Crippen LogP contribution >= 0.6 is 0 Å². The smallest absolute Gasteiger partial charge is 0.305 e. The minimum atomic E-state index is -0.0296. The Morgan fingerprint density at radius 2 is 1.75 bits per heavy atom. The highest BCUT2D eigenvalue weighted by atomic mass is 16.5. The largest absolute Gasteiger partial charge is 0.465 e. The number of carbonyl (C=O) groups excluding carboxylic acids is 1. The SMILES string of the molecule is CCCCC(CC)COC(=O)CCC(CCC)CCN. The molecule has 0 radical (unpaired) electrons. The van der Waals surface area contributed by atoms with Crippen molar-refractivity contribution in [2.75, 3.05) is 13.2 Å². The summed E-state index contributed by atoms with van der Waals surface area (Å²) in [5.74, 6) is 1.09. The van der Waals surface area contributed by atoms with E-state index in [4.69, 9.17) is 10.5 Å². The number of hydrogen-bond donors (Lipinski definition) is 1. The maximum Gasteiger partial charge on any atom is 0.305 e. The van der Waals surface area contributed by atoms with E-state index in [1.54, 1.807) is 0 Å². The molecule has 0 aromatic rings. The summed E-state index contributed by atoms with van der Waals surface area (Å²) in [4.78, 5) is 11.8. The van der Waals surface area contributed by atoms with Crippen molar-refractivity contribution >= 4 is 5.97 Å². The lowest BCUT2D eigenvalue weighted by Crippen LogP contribution is -2.16. The van der Waals surface area contributed by atoms with Gasteiger partial charge < -0.3 is 10.5 Å². The van der Waals surface area contributed by atoms with Crippen LogP contribution in [0, 0.1) is 11.8 Å². The Balaban J connectivity index is 3.84. The molecular formula is C17H35NO2. The van der Waals surface area contributed by atoms with Gasteiger partial charge in [0.15, 0.2) is 0 Å². The topological polar surface area (TPSA) is 52.3 Å². The Morgan fingerprint density at radius 3 is 2.30 bits per heavy atom. The predicted octanol–water partition coefficient (Wildman–Crippen LogP) is 4.29. The monoisotopic (exact) mass is 285 g/mol. The van der Waals surface area contributed by atoms with Gasteiger partial charge in [-0.1, -0.05) is 52.9 Å². The van der Waals surface area contributed by atoms with Crippen molar-refractivity contribution in [3.63, 3.8) is 0 Å². The second-order valence-electron chi connectivity index (χ2n) is 5.87. The van der Waals surface area contributed by atoms with Crippen molar-refractivity contribution < 1.29 is 9.53 Å². The van der Waals surface area contributed by atoms with Gasteiger partial charge in [0.2, 0.25) is 0 Å². The van der Waals surface area contributed by atoms with Gasteiger partial charge in [0.05, 0.1) is 6.61 Å². The number of ether oxygens (including phenoxy) is 1. The number of unbranched alkanes of at least 4 members (excludes halogenated alkanes) is 1. The first kappa shape index (κ1) is 19.4. The fourth-order valence-electron chi connectivity index (χ4n) is 2.58. The van der Waals surface area contributed by atoms with Crippen LogP contribution in [0.3, 0.4) is 0 Å². The van der Waals surface area contributed by atoms with Crippen molar-refractivity contribution in [3.05, 3.63) is 0 Å². The first-order chi connectivity index (χ1) is 9.67. The minimum Gasteiger partial charge on any atom is -0.465 e. The van der Waals surface area contributed by atoms with Crippen molar-refractivity contribution in [1.82, 2.24) is 0 Å². The Labute approximate surface area is 125 Å². The molecule has 0 aliphatic heterocycles. The zero-order valence-electron chi connectivity index (χ0n) is 13.8. The van der Waals surface area contributed by atoms with Crippen LogP contribution in [-0.4, -0.2) is 19.1 Å². The normalized spacial score (nSPS) is 14.0. The summed E-state index contributed by atoms with van der Waals surface area (Å²) in [7, 11) is 0. The average molecular weight is 285 g/mol. The lowest BCUT2D eigenvalue weighted by atomic mass is 9.94. The first-order valence-corrected chi connectivity index (χ1v) is 8.53. The minimum absolute atomic E-state index is 0.0296. The molecule has 0 amide bonds. The quantitative estimate of drug-likeness (QED) is 0.514. The highest BCUT2D eigenvalue weighted by Crippen LogP contribution is 2.18. The first-order valence-electron chi connectivity index (χ1n) is 8.53. The van der Waals surface area contributed by atoms with Gasteiger partial charge in [-0.3, -0.25) is 4.79 Å². The standard InChI is InChI=1S/C17H35NO2/c1-4-7-9-15(6-3)14-20-17(19)11-10-16(8-5-2)12-13-18/h15-16H,4-14,18H2,1-3H3. The van der Waals surface area contributed by atoms with Gasteiger partial charge in [-0.25, -0.2) is 0 Å². The van der Waals surface area contributed by atoms with Crippen LogP contribution in [0.2, 0.25) is 0 Å². The summed E-state index contributed by atoms with van der Waals surface area (Å²) in [6.45, 7) is 7.87. The Morgan fingerprint density at radius 1 is 1.00 bits per heavy atom. The number of nitrogens with two attached hydrogens (primary N) is 1. The Hall–Kier alpha value is -0.570. The van der Waals surface area contributed by atoms with E-state index in [9.17, 15) is 4.79 Å². The molecule has 2 unspecified atom stereocenters. The van der Waals surface area contributed by atoms with Crippen LogP contribution in [-0.2, 0) is 9.53 Å². The predicted molar refractivity (Wildman–Crippen MR) is 85.6 cm³/mol. The number of hydrogen-bond acceptors (Lipinski definition) is 3. The molecule has 2 atom stereocenters. The van der Waals surface area contributed by atoms with Crippen LogP contribution in [0.4, 0.5) is 0 Å². The van der Waals surface area contributed by atoms with E-state index in [1.165, 1.54) is 25.7 Å². The van der Waals surface area contributed by atoms with Crippen LogP contribution in [0.25, 0.3) is 0 Å². The van der Waals surface area contributed by atoms with Crippen molar-refractivity contribution in [3.8, 4) is 0 Å². The second-order valence-corrected chi connectivity index (χ2v) is 5.87. The zero-order chi connectivity index (χ0) is 15.2. The molecule has 3 heteroatoms. The molecule has 0 aliphatic carbocycles.